The SMILES string of the molecule is Clc1ncnc(N2CCOCC2)c1Br. The summed E-state index contributed by atoms with van der Waals surface area (Å²) in [5, 5.41) is 0.446. The number of ether oxygens (including phenoxy) is 1. The summed E-state index contributed by atoms with van der Waals surface area (Å²) in [4.78, 5) is 10.2. The minimum atomic E-state index is 0.446. The minimum absolute atomic E-state index is 0.446. The van der Waals surface area contributed by atoms with Crippen molar-refractivity contribution in [1.82, 2.24) is 9.97 Å². The fourth-order valence-electron chi connectivity index (χ4n) is 1.34. The average molecular weight is 279 g/mol. The first kappa shape index (κ1) is 10.1. The quantitative estimate of drug-likeness (QED) is 0.733. The van der Waals surface area contributed by atoms with Crippen molar-refractivity contribution >= 4 is 33.3 Å². The number of aromatic nitrogens is 2. The predicted molar refractivity (Wildman–Crippen MR) is 57.8 cm³/mol. The first-order valence-corrected chi connectivity index (χ1v) is 5.45. The Morgan fingerprint density at radius 2 is 2.07 bits per heavy atom. The van der Waals surface area contributed by atoms with Crippen LogP contribution in [0, 0.1) is 0 Å². The molecule has 1 aromatic heterocycles. The average Bonchev–Trinajstić information content (AvgIpc) is 2.23. The standard InChI is InChI=1S/C8H9BrClN3O/c9-6-7(10)11-5-12-8(6)13-1-3-14-4-2-13/h5H,1-4H2. The van der Waals surface area contributed by atoms with Gasteiger partial charge in [0.05, 0.1) is 17.7 Å². The molecular weight excluding hydrogens is 269 g/mol. The van der Waals surface area contributed by atoms with Gasteiger partial charge in [0.1, 0.15) is 17.3 Å². The molecule has 0 aliphatic carbocycles. The highest BCUT2D eigenvalue weighted by atomic mass is 79.9. The van der Waals surface area contributed by atoms with Crippen LogP contribution in [0.2, 0.25) is 5.15 Å². The highest BCUT2D eigenvalue weighted by Gasteiger charge is 2.16. The highest BCUT2D eigenvalue weighted by molar-refractivity contribution is 9.10. The Bertz CT molecular complexity index is 330. The number of hydrogen-bond donors (Lipinski definition) is 0. The largest absolute Gasteiger partial charge is 0.378 e. The summed E-state index contributed by atoms with van der Waals surface area (Å²) < 4.78 is 6.01. The second-order valence-corrected chi connectivity index (χ2v) is 4.05. The zero-order chi connectivity index (χ0) is 9.97. The van der Waals surface area contributed by atoms with Crippen molar-refractivity contribution in [1.29, 1.82) is 0 Å². The van der Waals surface area contributed by atoms with Crippen LogP contribution in [0.3, 0.4) is 0 Å². The molecule has 76 valence electrons. The molecule has 0 N–H and O–H groups in total. The van der Waals surface area contributed by atoms with Crippen molar-refractivity contribution in [3.8, 4) is 0 Å². The summed E-state index contributed by atoms with van der Waals surface area (Å²) in [5.74, 6) is 0.841. The zero-order valence-electron chi connectivity index (χ0n) is 7.41. The summed E-state index contributed by atoms with van der Waals surface area (Å²) in [6.45, 7) is 3.14. The number of hydrogen-bond acceptors (Lipinski definition) is 4. The second kappa shape index (κ2) is 4.42. The van der Waals surface area contributed by atoms with E-state index in [2.05, 4.69) is 30.8 Å². The summed E-state index contributed by atoms with van der Waals surface area (Å²) >= 11 is 9.25. The molecule has 6 heteroatoms. The van der Waals surface area contributed by atoms with Crippen molar-refractivity contribution in [2.75, 3.05) is 31.2 Å². The van der Waals surface area contributed by atoms with Gasteiger partial charge in [0.2, 0.25) is 0 Å². The van der Waals surface area contributed by atoms with Gasteiger partial charge in [-0.25, -0.2) is 9.97 Å². The molecule has 0 aromatic carbocycles. The lowest BCUT2D eigenvalue weighted by Crippen LogP contribution is -2.37. The third kappa shape index (κ3) is 1.99. The van der Waals surface area contributed by atoms with Crippen molar-refractivity contribution in [3.63, 3.8) is 0 Å². The molecule has 1 aliphatic heterocycles. The van der Waals surface area contributed by atoms with E-state index in [0.29, 0.717) is 5.15 Å². The van der Waals surface area contributed by atoms with Crippen LogP contribution in [0.15, 0.2) is 10.8 Å². The van der Waals surface area contributed by atoms with Crippen LogP contribution in [0.4, 0.5) is 5.82 Å². The Labute approximate surface area is 95.4 Å². The molecule has 1 saturated heterocycles. The van der Waals surface area contributed by atoms with Crippen LogP contribution in [0.1, 0.15) is 0 Å². The van der Waals surface area contributed by atoms with Gasteiger partial charge in [-0.2, -0.15) is 0 Å². The van der Waals surface area contributed by atoms with Gasteiger partial charge >= 0.3 is 0 Å². The van der Waals surface area contributed by atoms with E-state index in [-0.39, 0.29) is 0 Å². The molecule has 4 nitrogen and oxygen atoms in total. The summed E-state index contributed by atoms with van der Waals surface area (Å²) in [6, 6.07) is 0. The van der Waals surface area contributed by atoms with Crippen LogP contribution in [0.25, 0.3) is 0 Å². The Hall–Kier alpha value is -0.390. The first-order valence-electron chi connectivity index (χ1n) is 4.27. The van der Waals surface area contributed by atoms with Gasteiger partial charge in [-0.3, -0.25) is 0 Å². The van der Waals surface area contributed by atoms with Gasteiger partial charge in [-0.05, 0) is 15.9 Å². The van der Waals surface area contributed by atoms with E-state index in [9.17, 15) is 0 Å². The van der Waals surface area contributed by atoms with E-state index in [0.717, 1.165) is 36.6 Å². The fraction of sp³-hybridized carbons (Fsp3) is 0.500. The van der Waals surface area contributed by atoms with Gasteiger partial charge in [0.25, 0.3) is 0 Å². The molecule has 2 rings (SSSR count). The van der Waals surface area contributed by atoms with Crippen molar-refractivity contribution < 1.29 is 4.74 Å². The molecule has 1 aromatic rings. The van der Waals surface area contributed by atoms with Crippen molar-refractivity contribution in [2.45, 2.75) is 0 Å². The van der Waals surface area contributed by atoms with Gasteiger partial charge < -0.3 is 9.64 Å². The molecule has 1 aliphatic rings. The van der Waals surface area contributed by atoms with E-state index in [1.165, 1.54) is 6.33 Å². The molecule has 0 atom stereocenters. The van der Waals surface area contributed by atoms with Crippen LogP contribution >= 0.6 is 27.5 Å². The highest BCUT2D eigenvalue weighted by Crippen LogP contribution is 2.29. The predicted octanol–water partition coefficient (Wildman–Crippen LogP) is 1.73. The van der Waals surface area contributed by atoms with Gasteiger partial charge in [-0.1, -0.05) is 11.6 Å². The molecule has 0 saturated carbocycles. The normalized spacial score (nSPS) is 17.1. The van der Waals surface area contributed by atoms with Crippen molar-refractivity contribution in [2.24, 2.45) is 0 Å². The third-order valence-corrected chi connectivity index (χ3v) is 3.28. The number of rotatable bonds is 1. The molecule has 0 radical (unpaired) electrons. The van der Waals surface area contributed by atoms with Crippen LogP contribution in [-0.4, -0.2) is 36.3 Å². The maximum atomic E-state index is 5.88. The lowest BCUT2D eigenvalue weighted by Gasteiger charge is -2.28. The van der Waals surface area contributed by atoms with Gasteiger partial charge in [0.15, 0.2) is 0 Å². The number of anilines is 1. The van der Waals surface area contributed by atoms with E-state index in [4.69, 9.17) is 16.3 Å². The van der Waals surface area contributed by atoms with E-state index in [1.54, 1.807) is 0 Å². The third-order valence-electron chi connectivity index (χ3n) is 2.04. The molecule has 0 bridgehead atoms. The minimum Gasteiger partial charge on any atom is -0.378 e. The summed E-state index contributed by atoms with van der Waals surface area (Å²) in [6.07, 6.45) is 1.47. The maximum Gasteiger partial charge on any atom is 0.148 e. The molecule has 0 spiro atoms. The summed E-state index contributed by atoms with van der Waals surface area (Å²) in [7, 11) is 0. The number of halogens is 2. The van der Waals surface area contributed by atoms with Gasteiger partial charge in [-0.15, -0.1) is 0 Å². The first-order chi connectivity index (χ1) is 6.79. The number of nitrogens with zero attached hydrogens (tertiary/aromatic N) is 3. The van der Waals surface area contributed by atoms with Crippen LogP contribution in [0.5, 0.6) is 0 Å². The Balaban J connectivity index is 2.26. The monoisotopic (exact) mass is 277 g/mol. The second-order valence-electron chi connectivity index (χ2n) is 2.90. The van der Waals surface area contributed by atoms with Gasteiger partial charge in [0, 0.05) is 13.1 Å². The van der Waals surface area contributed by atoms with E-state index in [1.807, 2.05) is 0 Å². The smallest absolute Gasteiger partial charge is 0.148 e. The molecule has 1 fully saturated rings. The number of morpholine rings is 1. The van der Waals surface area contributed by atoms with Crippen molar-refractivity contribution in [3.05, 3.63) is 16.0 Å². The Morgan fingerprint density at radius 3 is 2.79 bits per heavy atom. The molecular formula is C8H9BrClN3O. The molecule has 0 amide bonds. The Morgan fingerprint density at radius 1 is 1.36 bits per heavy atom. The zero-order valence-corrected chi connectivity index (χ0v) is 9.75. The maximum absolute atomic E-state index is 5.88. The fourth-order valence-corrected chi connectivity index (χ4v) is 1.92. The molecule has 2 heterocycles. The van der Waals surface area contributed by atoms with Crippen LogP contribution in [-0.2, 0) is 4.74 Å². The lowest BCUT2D eigenvalue weighted by atomic mass is 10.4. The van der Waals surface area contributed by atoms with E-state index < -0.39 is 0 Å². The Kier molecular flexibility index (Phi) is 3.20. The van der Waals surface area contributed by atoms with E-state index >= 15 is 0 Å². The molecule has 0 unspecified atom stereocenters. The summed E-state index contributed by atoms with van der Waals surface area (Å²) in [5.41, 5.74) is 0. The molecule has 14 heavy (non-hydrogen) atoms. The van der Waals surface area contributed by atoms with Crippen LogP contribution < -0.4 is 4.90 Å². The topological polar surface area (TPSA) is 38.2 Å². The lowest BCUT2D eigenvalue weighted by molar-refractivity contribution is 0.122.